The molecular formula is C21H32ClN3O7S. The average Bonchev–Trinajstić information content (AvgIpc) is 2.74. The van der Waals surface area contributed by atoms with E-state index in [1.54, 1.807) is 4.90 Å². The molecule has 1 amide bonds. The first-order chi connectivity index (χ1) is 15.4. The smallest absolute Gasteiger partial charge is 0.340 e. The van der Waals surface area contributed by atoms with Crippen LogP contribution >= 0.6 is 11.6 Å². The Balaban J connectivity index is 2.05. The minimum atomic E-state index is -4.16. The van der Waals surface area contributed by atoms with Crippen LogP contribution in [0.1, 0.15) is 56.8 Å². The molecule has 0 radical (unpaired) electrons. The van der Waals surface area contributed by atoms with E-state index in [4.69, 9.17) is 22.1 Å². The van der Waals surface area contributed by atoms with Crippen molar-refractivity contribution in [3.8, 4) is 5.75 Å². The lowest BCUT2D eigenvalue weighted by Gasteiger charge is -2.36. The molecule has 1 aromatic carbocycles. The van der Waals surface area contributed by atoms with Crippen LogP contribution in [0.3, 0.4) is 0 Å². The van der Waals surface area contributed by atoms with E-state index in [1.807, 2.05) is 13.8 Å². The van der Waals surface area contributed by atoms with Gasteiger partial charge in [0.15, 0.2) is 0 Å². The highest BCUT2D eigenvalue weighted by molar-refractivity contribution is 7.87. The first-order valence-corrected chi connectivity index (χ1v) is 12.6. The summed E-state index contributed by atoms with van der Waals surface area (Å²) in [6.07, 6.45) is 2.04. The van der Waals surface area contributed by atoms with Gasteiger partial charge in [-0.3, -0.25) is 14.6 Å². The zero-order chi connectivity index (χ0) is 24.8. The first kappa shape index (κ1) is 27.2. The second-order valence-corrected chi connectivity index (χ2v) is 10.5. The zero-order valence-electron chi connectivity index (χ0n) is 19.3. The van der Waals surface area contributed by atoms with Crippen molar-refractivity contribution in [1.82, 2.24) is 10.2 Å². The van der Waals surface area contributed by atoms with Gasteiger partial charge in [0.1, 0.15) is 11.1 Å². The van der Waals surface area contributed by atoms with E-state index in [9.17, 15) is 18.0 Å². The van der Waals surface area contributed by atoms with Gasteiger partial charge in [-0.1, -0.05) is 29.8 Å². The van der Waals surface area contributed by atoms with Gasteiger partial charge in [0.05, 0.1) is 23.4 Å². The van der Waals surface area contributed by atoms with Crippen molar-refractivity contribution >= 4 is 39.3 Å². The Bertz CT molecular complexity index is 947. The lowest BCUT2D eigenvalue weighted by molar-refractivity contribution is -0.209. The van der Waals surface area contributed by atoms with Gasteiger partial charge < -0.3 is 15.8 Å². The fourth-order valence-corrected chi connectivity index (χ4v) is 5.08. The maximum Gasteiger partial charge on any atom is 0.340 e. The van der Waals surface area contributed by atoms with E-state index in [0.717, 1.165) is 6.92 Å². The molecule has 1 aliphatic heterocycles. The predicted octanol–water partition coefficient (Wildman–Crippen LogP) is 2.71. The molecule has 12 heteroatoms. The summed E-state index contributed by atoms with van der Waals surface area (Å²) >= 11 is 6.06. The number of hydrogen-bond donors (Lipinski definition) is 2. The Morgan fingerprint density at radius 1 is 1.24 bits per heavy atom. The van der Waals surface area contributed by atoms with Gasteiger partial charge in [0.25, 0.3) is 5.91 Å². The largest absolute Gasteiger partial charge is 0.496 e. The highest BCUT2D eigenvalue weighted by Crippen LogP contribution is 2.29. The molecule has 0 spiro atoms. The highest BCUT2D eigenvalue weighted by atomic mass is 35.5. The number of anilines is 1. The Labute approximate surface area is 199 Å². The number of likely N-dealkylation sites (tertiary alicyclic amines) is 1. The second kappa shape index (κ2) is 11.9. The van der Waals surface area contributed by atoms with E-state index in [0.29, 0.717) is 50.2 Å². The van der Waals surface area contributed by atoms with Gasteiger partial charge in [0.2, 0.25) is 0 Å². The average molecular weight is 506 g/mol. The fourth-order valence-electron chi connectivity index (χ4n) is 3.64. The summed E-state index contributed by atoms with van der Waals surface area (Å²) in [4.78, 5) is 29.9. The molecule has 3 N–H and O–H groups in total. The van der Waals surface area contributed by atoms with E-state index in [-0.39, 0.29) is 28.5 Å². The third kappa shape index (κ3) is 7.73. The molecular weight excluding hydrogens is 474 g/mol. The fraction of sp³-hybridized carbons (Fsp3) is 0.619. The number of ether oxygens (including phenoxy) is 1. The van der Waals surface area contributed by atoms with Crippen LogP contribution in [0.5, 0.6) is 5.75 Å². The third-order valence-electron chi connectivity index (χ3n) is 5.41. The van der Waals surface area contributed by atoms with Crippen LogP contribution in [-0.4, -0.2) is 56.8 Å². The molecule has 2 rings (SSSR count). The van der Waals surface area contributed by atoms with E-state index in [1.165, 1.54) is 19.2 Å². The molecule has 1 fully saturated rings. The molecule has 1 aliphatic rings. The van der Waals surface area contributed by atoms with Crippen LogP contribution in [0.2, 0.25) is 5.02 Å². The Hall–Kier alpha value is -2.08. The summed E-state index contributed by atoms with van der Waals surface area (Å²) in [6.45, 7) is 5.88. The lowest BCUT2D eigenvalue weighted by Crippen LogP contribution is -2.50. The van der Waals surface area contributed by atoms with Gasteiger partial charge in [-0.15, -0.1) is 0 Å². The maximum absolute atomic E-state index is 12.8. The minimum absolute atomic E-state index is 0.169. The number of nitrogen functional groups attached to an aromatic ring is 1. The van der Waals surface area contributed by atoms with Crippen molar-refractivity contribution in [3.05, 3.63) is 22.7 Å². The van der Waals surface area contributed by atoms with E-state index < -0.39 is 21.5 Å². The van der Waals surface area contributed by atoms with Crippen molar-refractivity contribution in [2.75, 3.05) is 25.9 Å². The number of benzene rings is 1. The summed E-state index contributed by atoms with van der Waals surface area (Å²) < 4.78 is 35.1. The Morgan fingerprint density at radius 3 is 2.42 bits per heavy atom. The molecule has 1 aromatic rings. The van der Waals surface area contributed by atoms with Gasteiger partial charge in [-0.05, 0) is 37.7 Å². The second-order valence-electron chi connectivity index (χ2n) is 8.42. The summed E-state index contributed by atoms with van der Waals surface area (Å²) in [5.74, 6) is -0.598. The zero-order valence-corrected chi connectivity index (χ0v) is 20.9. The number of methoxy groups -OCH3 is 1. The number of hydrogen-bond acceptors (Lipinski definition) is 9. The summed E-state index contributed by atoms with van der Waals surface area (Å²) in [5.41, 5.74) is 6.35. The number of piperidine rings is 1. The number of carbonyl (C=O) groups excluding carboxylic acids is 2. The van der Waals surface area contributed by atoms with Crippen molar-refractivity contribution < 1.29 is 32.0 Å². The minimum Gasteiger partial charge on any atom is -0.496 e. The van der Waals surface area contributed by atoms with Gasteiger partial charge in [-0.25, -0.2) is 4.79 Å². The van der Waals surface area contributed by atoms with Crippen LogP contribution in [0, 0.1) is 5.92 Å². The number of nitrogens with two attached hydrogens (primary N) is 1. The summed E-state index contributed by atoms with van der Waals surface area (Å²) in [7, 11) is -2.72. The van der Waals surface area contributed by atoms with Crippen LogP contribution in [0.25, 0.3) is 0 Å². The molecule has 0 aromatic heterocycles. The lowest BCUT2D eigenvalue weighted by atomic mass is 10.0. The number of carbonyl (C=O) groups is 2. The number of amides is 1. The van der Waals surface area contributed by atoms with E-state index in [2.05, 4.69) is 14.5 Å². The van der Waals surface area contributed by atoms with Crippen molar-refractivity contribution in [2.45, 2.75) is 57.9 Å². The molecule has 1 heterocycles. The van der Waals surface area contributed by atoms with Crippen LogP contribution in [0.4, 0.5) is 5.69 Å². The molecule has 0 saturated carbocycles. The Kier molecular flexibility index (Phi) is 9.77. The number of rotatable bonds is 10. The third-order valence-corrected chi connectivity index (χ3v) is 7.19. The SMILES string of the molecule is COc1cc(N)c(Cl)cc1C(=O)NC1CCN(C(CCC(C)C)S(=O)(=O)OOC(C)=O)CC1. The van der Waals surface area contributed by atoms with Crippen molar-refractivity contribution in [1.29, 1.82) is 0 Å². The van der Waals surface area contributed by atoms with Crippen LogP contribution < -0.4 is 15.8 Å². The monoisotopic (exact) mass is 505 g/mol. The molecule has 0 aliphatic carbocycles. The molecule has 1 saturated heterocycles. The van der Waals surface area contributed by atoms with E-state index >= 15 is 0 Å². The number of nitrogens with zero attached hydrogens (tertiary/aromatic N) is 1. The summed E-state index contributed by atoms with van der Waals surface area (Å²) in [6, 6.07) is 2.78. The van der Waals surface area contributed by atoms with Crippen LogP contribution in [0.15, 0.2) is 12.1 Å². The molecule has 10 nitrogen and oxygen atoms in total. The Morgan fingerprint density at radius 2 is 1.88 bits per heavy atom. The quantitative estimate of drug-likeness (QED) is 0.279. The molecule has 1 unspecified atom stereocenters. The first-order valence-electron chi connectivity index (χ1n) is 10.7. The van der Waals surface area contributed by atoms with Gasteiger partial charge >= 0.3 is 16.1 Å². The van der Waals surface area contributed by atoms with Crippen LogP contribution in [-0.2, 0) is 24.1 Å². The predicted molar refractivity (Wildman–Crippen MR) is 124 cm³/mol. The standard InChI is InChI=1S/C21H32ClN3O7S/c1-13(2)5-6-20(33(28,29)32-31-14(3)26)25-9-7-15(8-10-25)24-21(27)16-11-17(22)18(23)12-19(16)30-4/h11-13,15,20H,5-10,23H2,1-4H3,(H,24,27). The van der Waals surface area contributed by atoms with Gasteiger partial charge in [-0.2, -0.15) is 8.42 Å². The molecule has 33 heavy (non-hydrogen) atoms. The molecule has 1 atom stereocenters. The molecule has 186 valence electrons. The van der Waals surface area contributed by atoms with Gasteiger partial charge in [0, 0.05) is 32.1 Å². The van der Waals surface area contributed by atoms with Crippen molar-refractivity contribution in [2.24, 2.45) is 5.92 Å². The number of nitrogens with one attached hydrogen (secondary N) is 1. The summed E-state index contributed by atoms with van der Waals surface area (Å²) in [5, 5.41) is 2.25. The maximum atomic E-state index is 12.8. The van der Waals surface area contributed by atoms with Crippen molar-refractivity contribution in [3.63, 3.8) is 0 Å². The topological polar surface area (TPSA) is 137 Å². The number of halogens is 1. The highest BCUT2D eigenvalue weighted by Gasteiger charge is 2.36. The molecule has 0 bridgehead atoms. The normalized spacial score (nSPS) is 16.4.